The lowest BCUT2D eigenvalue weighted by Crippen LogP contribution is -2.70. The van der Waals surface area contributed by atoms with Gasteiger partial charge >= 0.3 is 18.2 Å². The number of carbonyl (C=O) groups excluding carboxylic acids is 2. The molecule has 2 aliphatic rings. The number of nitrogens with zero attached hydrogens (tertiary/aromatic N) is 3. The molecule has 7 nitrogen and oxygen atoms in total. The molecule has 5 rings (SSSR count). The molecule has 0 aliphatic carbocycles. The smallest absolute Gasteiger partial charge is 0.419 e. The number of fused-ring (bicyclic) bond motifs is 3. The Labute approximate surface area is 225 Å². The third-order valence-electron chi connectivity index (χ3n) is 6.98. The summed E-state index contributed by atoms with van der Waals surface area (Å²) in [5, 5.41) is -0.0687. The van der Waals surface area contributed by atoms with Crippen molar-refractivity contribution >= 4 is 35.6 Å². The van der Waals surface area contributed by atoms with Crippen molar-refractivity contribution in [1.29, 1.82) is 0 Å². The monoisotopic (exact) mass is 561 g/mol. The minimum Gasteiger partial charge on any atom is -0.497 e. The predicted octanol–water partition coefficient (Wildman–Crippen LogP) is 5.80. The maximum atomic E-state index is 15.6. The summed E-state index contributed by atoms with van der Waals surface area (Å²) in [4.78, 5) is 32.9. The molecule has 0 bridgehead atoms. The largest absolute Gasteiger partial charge is 0.497 e. The van der Waals surface area contributed by atoms with Crippen molar-refractivity contribution in [2.24, 2.45) is 4.99 Å². The normalized spacial score (nSPS) is 22.0. The Morgan fingerprint density at radius 3 is 2.28 bits per heavy atom. The lowest BCUT2D eigenvalue weighted by Gasteiger charge is -2.52. The molecule has 3 aromatic carbocycles. The summed E-state index contributed by atoms with van der Waals surface area (Å²) < 4.78 is 70.8. The number of aliphatic imine (C=N–C) groups is 1. The zero-order valence-corrected chi connectivity index (χ0v) is 21.3. The van der Waals surface area contributed by atoms with E-state index >= 15 is 13.2 Å². The van der Waals surface area contributed by atoms with Crippen LogP contribution in [0.3, 0.4) is 0 Å². The first-order valence-electron chi connectivity index (χ1n) is 11.5. The number of alkyl halides is 3. The van der Waals surface area contributed by atoms with Gasteiger partial charge in [-0.15, -0.1) is 0 Å². The SMILES string of the molecule is COC(=O)[C@]1(c2ccc(F)cc2)N=CN2C(=O)N(Cc3ccc(OC)cc3)c3ccc(Cl)cc3[C@]21C(F)(F)F. The Morgan fingerprint density at radius 1 is 1.03 bits per heavy atom. The number of ether oxygens (including phenoxy) is 2. The standard InChI is InChI=1S/C27H20ClF4N3O4/c1-38-20-10-3-16(4-11-20)14-34-22-12-7-18(28)13-21(22)26(27(30,31)32)25(23(36)39-2,33-15-35(26)24(34)37)17-5-8-19(29)9-6-17/h3-13,15H,14H2,1-2H3/t25-,26-/m0/s1. The molecule has 39 heavy (non-hydrogen) atoms. The zero-order chi connectivity index (χ0) is 28.2. The van der Waals surface area contributed by atoms with Crippen molar-refractivity contribution in [3.05, 3.63) is 94.3 Å². The van der Waals surface area contributed by atoms with Crippen molar-refractivity contribution in [3.8, 4) is 5.75 Å². The first-order valence-corrected chi connectivity index (χ1v) is 11.9. The number of hydrogen-bond donors (Lipinski definition) is 0. The van der Waals surface area contributed by atoms with Crippen LogP contribution in [0.25, 0.3) is 0 Å². The summed E-state index contributed by atoms with van der Waals surface area (Å²) in [6.07, 6.45) is -4.62. The van der Waals surface area contributed by atoms with E-state index in [4.69, 9.17) is 21.1 Å². The van der Waals surface area contributed by atoms with Crippen LogP contribution in [0.4, 0.5) is 28.0 Å². The van der Waals surface area contributed by atoms with Crippen LogP contribution in [-0.4, -0.2) is 43.6 Å². The second-order valence-electron chi connectivity index (χ2n) is 8.91. The predicted molar refractivity (Wildman–Crippen MR) is 134 cm³/mol. The average molecular weight is 562 g/mol. The van der Waals surface area contributed by atoms with Crippen LogP contribution in [0.5, 0.6) is 5.75 Å². The Morgan fingerprint density at radius 2 is 1.69 bits per heavy atom. The summed E-state index contributed by atoms with van der Waals surface area (Å²) in [6.45, 7) is -0.114. The zero-order valence-electron chi connectivity index (χ0n) is 20.5. The van der Waals surface area contributed by atoms with Gasteiger partial charge in [-0.25, -0.2) is 19.0 Å². The third-order valence-corrected chi connectivity index (χ3v) is 7.22. The summed E-state index contributed by atoms with van der Waals surface area (Å²) >= 11 is 6.22. The number of amides is 2. The van der Waals surface area contributed by atoms with Gasteiger partial charge in [0.05, 0.1) is 32.8 Å². The van der Waals surface area contributed by atoms with Crippen molar-refractivity contribution in [2.45, 2.75) is 23.8 Å². The van der Waals surface area contributed by atoms with E-state index in [1.165, 1.54) is 19.2 Å². The molecule has 0 saturated heterocycles. The van der Waals surface area contributed by atoms with Crippen molar-refractivity contribution in [1.82, 2.24) is 4.90 Å². The summed E-state index contributed by atoms with van der Waals surface area (Å²) in [5.74, 6) is -1.58. The van der Waals surface area contributed by atoms with Gasteiger partial charge in [0.25, 0.3) is 0 Å². The molecule has 0 fully saturated rings. The molecule has 0 radical (unpaired) electrons. The lowest BCUT2D eigenvalue weighted by atomic mass is 9.66. The molecule has 2 amide bonds. The van der Waals surface area contributed by atoms with Crippen LogP contribution < -0.4 is 9.64 Å². The molecule has 2 atom stereocenters. The molecule has 0 aromatic heterocycles. The van der Waals surface area contributed by atoms with E-state index in [2.05, 4.69) is 4.99 Å². The number of halogens is 5. The number of carbonyl (C=O) groups is 2. The van der Waals surface area contributed by atoms with E-state index in [1.807, 2.05) is 0 Å². The van der Waals surface area contributed by atoms with Gasteiger partial charge in [-0.05, 0) is 53.6 Å². The van der Waals surface area contributed by atoms with Gasteiger partial charge in [0.2, 0.25) is 11.1 Å². The van der Waals surface area contributed by atoms with Gasteiger partial charge in [-0.1, -0.05) is 35.9 Å². The van der Waals surface area contributed by atoms with E-state index in [9.17, 15) is 14.0 Å². The van der Waals surface area contributed by atoms with Gasteiger partial charge in [0.1, 0.15) is 11.6 Å². The molecule has 2 aliphatic heterocycles. The van der Waals surface area contributed by atoms with Gasteiger partial charge < -0.3 is 9.47 Å². The molecule has 2 heterocycles. The Kier molecular flexibility index (Phi) is 6.29. The van der Waals surface area contributed by atoms with Crippen LogP contribution in [0.2, 0.25) is 5.02 Å². The fraction of sp³-hybridized carbons (Fsp3) is 0.222. The first kappa shape index (κ1) is 26.5. The van der Waals surface area contributed by atoms with Crippen molar-refractivity contribution < 1.29 is 36.6 Å². The molecule has 3 aromatic rings. The Balaban J connectivity index is 1.81. The molecule has 202 valence electrons. The number of methoxy groups -OCH3 is 2. The summed E-state index contributed by atoms with van der Waals surface area (Å²) in [5.41, 5.74) is -6.63. The lowest BCUT2D eigenvalue weighted by molar-refractivity contribution is -0.239. The van der Waals surface area contributed by atoms with Crippen LogP contribution >= 0.6 is 11.6 Å². The van der Waals surface area contributed by atoms with Crippen LogP contribution in [0.15, 0.2) is 71.7 Å². The second-order valence-corrected chi connectivity index (χ2v) is 9.35. The maximum Gasteiger partial charge on any atom is 0.419 e. The van der Waals surface area contributed by atoms with Crippen LogP contribution in [0.1, 0.15) is 16.7 Å². The maximum absolute atomic E-state index is 15.6. The summed E-state index contributed by atoms with van der Waals surface area (Å²) in [7, 11) is 2.40. The number of esters is 1. The van der Waals surface area contributed by atoms with E-state index in [0.29, 0.717) is 22.6 Å². The van der Waals surface area contributed by atoms with Crippen molar-refractivity contribution in [3.63, 3.8) is 0 Å². The van der Waals surface area contributed by atoms with E-state index in [0.717, 1.165) is 42.3 Å². The number of rotatable bonds is 5. The second kappa shape index (κ2) is 9.26. The van der Waals surface area contributed by atoms with Crippen molar-refractivity contribution in [2.75, 3.05) is 19.1 Å². The average Bonchev–Trinajstić information content (AvgIpc) is 3.30. The highest BCUT2D eigenvalue weighted by Crippen LogP contribution is 2.63. The minimum absolute atomic E-state index is 0.0687. The molecule has 0 N–H and O–H groups in total. The molecule has 12 heteroatoms. The molecular weight excluding hydrogens is 542 g/mol. The molecule has 0 spiro atoms. The Hall–Kier alpha value is -4.12. The van der Waals surface area contributed by atoms with E-state index < -0.39 is 40.6 Å². The first-order chi connectivity index (χ1) is 18.5. The number of benzene rings is 3. The quantitative estimate of drug-likeness (QED) is 0.292. The van der Waals surface area contributed by atoms with Crippen LogP contribution in [0, 0.1) is 5.82 Å². The molecule has 0 saturated carbocycles. The fourth-order valence-corrected chi connectivity index (χ4v) is 5.46. The fourth-order valence-electron chi connectivity index (χ4n) is 5.28. The van der Waals surface area contributed by atoms with Gasteiger partial charge in [0.15, 0.2) is 0 Å². The topological polar surface area (TPSA) is 71.4 Å². The Bertz CT molecular complexity index is 1480. The highest BCUT2D eigenvalue weighted by atomic mass is 35.5. The van der Waals surface area contributed by atoms with Gasteiger partial charge in [0, 0.05) is 10.6 Å². The van der Waals surface area contributed by atoms with E-state index in [1.54, 1.807) is 24.3 Å². The van der Waals surface area contributed by atoms with Crippen LogP contribution in [-0.2, 0) is 27.2 Å². The highest BCUT2D eigenvalue weighted by molar-refractivity contribution is 6.30. The van der Waals surface area contributed by atoms with E-state index in [-0.39, 0.29) is 22.8 Å². The molecule has 0 unspecified atom stereocenters. The molecular formula is C27H20ClF4N3O4. The number of urea groups is 1. The number of anilines is 1. The highest BCUT2D eigenvalue weighted by Gasteiger charge is 2.80. The van der Waals surface area contributed by atoms with Gasteiger partial charge in [-0.2, -0.15) is 13.2 Å². The number of hydrogen-bond acceptors (Lipinski definition) is 5. The minimum atomic E-state index is -5.30. The summed E-state index contributed by atoms with van der Waals surface area (Å²) in [6, 6.07) is 13.1. The third kappa shape index (κ3) is 3.67. The van der Waals surface area contributed by atoms with Gasteiger partial charge in [-0.3, -0.25) is 9.80 Å².